The molecule has 0 N–H and O–H groups in total. The van der Waals surface area contributed by atoms with E-state index in [4.69, 9.17) is 4.74 Å². The second-order valence-corrected chi connectivity index (χ2v) is 3.79. The van der Waals surface area contributed by atoms with E-state index >= 15 is 0 Å². The highest BCUT2D eigenvalue weighted by molar-refractivity contribution is 5.65. The van der Waals surface area contributed by atoms with Crippen molar-refractivity contribution in [2.24, 2.45) is 4.99 Å². The standard InChI is InChI=1S/C14H12N2O2/c1-10-7-12(16-9-17)8-15-14(10)11-3-5-13(18-2)6-4-11/h3-8H,1-2H3. The number of hydrogen-bond donors (Lipinski definition) is 0. The normalized spacial score (nSPS) is 9.67. The van der Waals surface area contributed by atoms with Gasteiger partial charge in [0, 0.05) is 5.56 Å². The molecule has 0 aliphatic heterocycles. The van der Waals surface area contributed by atoms with Gasteiger partial charge in [0.2, 0.25) is 6.08 Å². The first-order chi connectivity index (χ1) is 8.74. The van der Waals surface area contributed by atoms with Crippen LogP contribution in [-0.4, -0.2) is 18.2 Å². The molecule has 0 aliphatic rings. The molecule has 0 saturated carbocycles. The van der Waals surface area contributed by atoms with Crippen molar-refractivity contribution in [2.45, 2.75) is 6.92 Å². The van der Waals surface area contributed by atoms with E-state index in [0.29, 0.717) is 5.69 Å². The minimum absolute atomic E-state index is 0.514. The SMILES string of the molecule is COc1ccc(-c2ncc(N=C=O)cc2C)cc1. The lowest BCUT2D eigenvalue weighted by Crippen LogP contribution is -1.88. The molecule has 0 saturated heterocycles. The molecule has 1 aromatic heterocycles. The molecule has 4 heteroatoms. The number of aliphatic imine (C=N–C) groups is 1. The smallest absolute Gasteiger partial charge is 0.240 e. The van der Waals surface area contributed by atoms with Crippen LogP contribution < -0.4 is 4.74 Å². The molecule has 1 heterocycles. The lowest BCUT2D eigenvalue weighted by atomic mass is 10.1. The molecule has 2 aromatic rings. The van der Waals surface area contributed by atoms with Crippen molar-refractivity contribution >= 4 is 11.8 Å². The van der Waals surface area contributed by atoms with Crippen LogP contribution in [0.15, 0.2) is 41.5 Å². The maximum Gasteiger partial charge on any atom is 0.240 e. The largest absolute Gasteiger partial charge is 0.497 e. The van der Waals surface area contributed by atoms with Gasteiger partial charge in [-0.3, -0.25) is 4.98 Å². The summed E-state index contributed by atoms with van der Waals surface area (Å²) in [6.45, 7) is 1.93. The average Bonchev–Trinajstić information content (AvgIpc) is 2.40. The Labute approximate surface area is 105 Å². The van der Waals surface area contributed by atoms with E-state index in [-0.39, 0.29) is 0 Å². The van der Waals surface area contributed by atoms with Gasteiger partial charge in [0.05, 0.1) is 24.7 Å². The lowest BCUT2D eigenvalue weighted by Gasteiger charge is -2.06. The third-order valence-electron chi connectivity index (χ3n) is 2.60. The van der Waals surface area contributed by atoms with Crippen LogP contribution in [0.3, 0.4) is 0 Å². The minimum Gasteiger partial charge on any atom is -0.497 e. The summed E-state index contributed by atoms with van der Waals surface area (Å²) in [5.74, 6) is 0.804. The van der Waals surface area contributed by atoms with Crippen molar-refractivity contribution in [1.29, 1.82) is 0 Å². The molecule has 0 aliphatic carbocycles. The number of aryl methyl sites for hydroxylation is 1. The maximum atomic E-state index is 10.2. The van der Waals surface area contributed by atoms with Crippen LogP contribution in [0.25, 0.3) is 11.3 Å². The topological polar surface area (TPSA) is 51.6 Å². The first-order valence-electron chi connectivity index (χ1n) is 5.43. The highest BCUT2D eigenvalue weighted by Gasteiger charge is 2.04. The number of aromatic nitrogens is 1. The van der Waals surface area contributed by atoms with Crippen molar-refractivity contribution in [3.8, 4) is 17.0 Å². The fraction of sp³-hybridized carbons (Fsp3) is 0.143. The maximum absolute atomic E-state index is 10.2. The number of rotatable bonds is 3. The predicted octanol–water partition coefficient (Wildman–Crippen LogP) is 3.03. The quantitative estimate of drug-likeness (QED) is 0.612. The van der Waals surface area contributed by atoms with Crippen LogP contribution in [0.4, 0.5) is 5.69 Å². The van der Waals surface area contributed by atoms with Crippen molar-refractivity contribution in [1.82, 2.24) is 4.98 Å². The molecule has 0 fully saturated rings. The number of isocyanates is 1. The summed E-state index contributed by atoms with van der Waals surface area (Å²) in [5.41, 5.74) is 3.33. The summed E-state index contributed by atoms with van der Waals surface area (Å²) >= 11 is 0. The Hall–Kier alpha value is -2.45. The Morgan fingerprint density at radius 3 is 2.56 bits per heavy atom. The van der Waals surface area contributed by atoms with E-state index in [1.807, 2.05) is 31.2 Å². The van der Waals surface area contributed by atoms with Gasteiger partial charge in [0.15, 0.2) is 0 Å². The van der Waals surface area contributed by atoms with Gasteiger partial charge in [-0.2, -0.15) is 4.99 Å². The van der Waals surface area contributed by atoms with Gasteiger partial charge in [0.1, 0.15) is 5.75 Å². The Morgan fingerprint density at radius 1 is 1.28 bits per heavy atom. The fourth-order valence-corrected chi connectivity index (χ4v) is 1.72. The van der Waals surface area contributed by atoms with Crippen LogP contribution in [0.5, 0.6) is 5.75 Å². The summed E-state index contributed by atoms with van der Waals surface area (Å²) < 4.78 is 5.11. The Kier molecular flexibility index (Phi) is 3.51. The van der Waals surface area contributed by atoms with Crippen molar-refractivity contribution < 1.29 is 9.53 Å². The van der Waals surface area contributed by atoms with Gasteiger partial charge in [-0.15, -0.1) is 0 Å². The number of hydrogen-bond acceptors (Lipinski definition) is 4. The van der Waals surface area contributed by atoms with Gasteiger partial charge in [-0.1, -0.05) is 0 Å². The van der Waals surface area contributed by atoms with Crippen molar-refractivity contribution in [3.05, 3.63) is 42.1 Å². The van der Waals surface area contributed by atoms with Gasteiger partial charge in [0.25, 0.3) is 0 Å². The zero-order valence-corrected chi connectivity index (χ0v) is 10.2. The lowest BCUT2D eigenvalue weighted by molar-refractivity contribution is 0.415. The molecule has 1 aromatic carbocycles. The van der Waals surface area contributed by atoms with Crippen LogP contribution in [0.1, 0.15) is 5.56 Å². The molecule has 0 unspecified atom stereocenters. The zero-order chi connectivity index (χ0) is 13.0. The molecule has 18 heavy (non-hydrogen) atoms. The number of ether oxygens (including phenoxy) is 1. The molecule has 0 spiro atoms. The summed E-state index contributed by atoms with van der Waals surface area (Å²) in [7, 11) is 1.63. The highest BCUT2D eigenvalue weighted by atomic mass is 16.5. The molecule has 0 bridgehead atoms. The second kappa shape index (κ2) is 5.25. The third kappa shape index (κ3) is 2.44. The zero-order valence-electron chi connectivity index (χ0n) is 10.2. The van der Waals surface area contributed by atoms with E-state index in [9.17, 15) is 4.79 Å². The molecule has 90 valence electrons. The number of carbonyl (C=O) groups excluding carboxylic acids is 1. The summed E-state index contributed by atoms with van der Waals surface area (Å²) in [4.78, 5) is 18.0. The van der Waals surface area contributed by atoms with Gasteiger partial charge in [-0.05, 0) is 42.8 Å². The minimum atomic E-state index is 0.514. The molecule has 2 rings (SSSR count). The third-order valence-corrected chi connectivity index (χ3v) is 2.60. The predicted molar refractivity (Wildman–Crippen MR) is 68.7 cm³/mol. The first kappa shape index (κ1) is 12.0. The Morgan fingerprint density at radius 2 is 2.00 bits per heavy atom. The van der Waals surface area contributed by atoms with E-state index in [1.54, 1.807) is 19.4 Å². The van der Waals surface area contributed by atoms with E-state index in [2.05, 4.69) is 9.98 Å². The highest BCUT2D eigenvalue weighted by Crippen LogP contribution is 2.25. The molecule has 0 atom stereocenters. The Bertz CT molecular complexity index is 600. The first-order valence-corrected chi connectivity index (χ1v) is 5.43. The second-order valence-electron chi connectivity index (χ2n) is 3.79. The summed E-state index contributed by atoms with van der Waals surface area (Å²) in [5, 5.41) is 0. The van der Waals surface area contributed by atoms with Crippen molar-refractivity contribution in [3.63, 3.8) is 0 Å². The van der Waals surface area contributed by atoms with Gasteiger partial charge in [-0.25, -0.2) is 4.79 Å². The monoisotopic (exact) mass is 240 g/mol. The van der Waals surface area contributed by atoms with Crippen LogP contribution in [0, 0.1) is 6.92 Å². The number of nitrogens with zero attached hydrogens (tertiary/aromatic N) is 2. The number of methoxy groups -OCH3 is 1. The van der Waals surface area contributed by atoms with Crippen LogP contribution >= 0.6 is 0 Å². The van der Waals surface area contributed by atoms with Crippen LogP contribution in [0.2, 0.25) is 0 Å². The van der Waals surface area contributed by atoms with E-state index < -0.39 is 0 Å². The molecular weight excluding hydrogens is 228 g/mol. The van der Waals surface area contributed by atoms with Gasteiger partial charge < -0.3 is 4.74 Å². The average molecular weight is 240 g/mol. The molecule has 0 radical (unpaired) electrons. The summed E-state index contributed by atoms with van der Waals surface area (Å²) in [6.07, 6.45) is 3.06. The van der Waals surface area contributed by atoms with Crippen molar-refractivity contribution in [2.75, 3.05) is 7.11 Å². The number of benzene rings is 1. The summed E-state index contributed by atoms with van der Waals surface area (Å²) in [6, 6.07) is 9.45. The van der Waals surface area contributed by atoms with E-state index in [1.165, 1.54) is 6.08 Å². The molecule has 4 nitrogen and oxygen atoms in total. The Balaban J connectivity index is 2.40. The number of pyridine rings is 1. The molecule has 0 amide bonds. The fourth-order valence-electron chi connectivity index (χ4n) is 1.72. The van der Waals surface area contributed by atoms with Gasteiger partial charge >= 0.3 is 0 Å². The molecular formula is C14H12N2O2. The van der Waals surface area contributed by atoms with Crippen LogP contribution in [-0.2, 0) is 4.79 Å². The van der Waals surface area contributed by atoms with E-state index in [0.717, 1.165) is 22.6 Å².